The molecule has 0 amide bonds. The summed E-state index contributed by atoms with van der Waals surface area (Å²) in [6, 6.07) is 25.9. The van der Waals surface area contributed by atoms with Crippen LogP contribution in [-0.4, -0.2) is 14.1 Å². The standard InChI is InChI=1S/C24H21NO2S/c1-20-16-18-23(19-17-20)28(26,27)25-24(22-13-6-3-7-14-22)15-9-8-12-21-10-4-2-5-11-21/h2-19H,1H3/b12-8+,15-9+,25-24-. The van der Waals surface area contributed by atoms with E-state index in [0.29, 0.717) is 5.71 Å². The van der Waals surface area contributed by atoms with Crippen LogP contribution in [0.5, 0.6) is 0 Å². The van der Waals surface area contributed by atoms with Crippen molar-refractivity contribution in [2.75, 3.05) is 0 Å². The van der Waals surface area contributed by atoms with Crippen LogP contribution in [0.3, 0.4) is 0 Å². The second kappa shape index (κ2) is 9.11. The van der Waals surface area contributed by atoms with Gasteiger partial charge in [0, 0.05) is 5.56 Å². The molecule has 0 saturated carbocycles. The van der Waals surface area contributed by atoms with Crippen molar-refractivity contribution in [1.29, 1.82) is 0 Å². The topological polar surface area (TPSA) is 46.5 Å². The van der Waals surface area contributed by atoms with Crippen LogP contribution in [0.25, 0.3) is 6.08 Å². The van der Waals surface area contributed by atoms with E-state index in [4.69, 9.17) is 0 Å². The second-order valence-electron chi connectivity index (χ2n) is 6.26. The Labute approximate surface area is 166 Å². The molecule has 0 spiro atoms. The van der Waals surface area contributed by atoms with Crippen molar-refractivity contribution in [3.05, 3.63) is 120 Å². The minimum Gasteiger partial charge on any atom is -0.199 e. The van der Waals surface area contributed by atoms with Gasteiger partial charge in [-0.3, -0.25) is 0 Å². The Morgan fingerprint density at radius 2 is 1.39 bits per heavy atom. The highest BCUT2D eigenvalue weighted by molar-refractivity contribution is 7.90. The van der Waals surface area contributed by atoms with E-state index < -0.39 is 10.0 Å². The van der Waals surface area contributed by atoms with Gasteiger partial charge >= 0.3 is 0 Å². The monoisotopic (exact) mass is 387 g/mol. The zero-order valence-electron chi connectivity index (χ0n) is 15.6. The first kappa shape index (κ1) is 19.5. The van der Waals surface area contributed by atoms with Crippen LogP contribution in [0.15, 0.2) is 112 Å². The molecule has 0 bridgehead atoms. The summed E-state index contributed by atoms with van der Waals surface area (Å²) < 4.78 is 29.6. The molecule has 0 aliphatic carbocycles. The van der Waals surface area contributed by atoms with E-state index in [1.54, 1.807) is 36.4 Å². The highest BCUT2D eigenvalue weighted by Gasteiger charge is 2.14. The van der Waals surface area contributed by atoms with Crippen molar-refractivity contribution < 1.29 is 8.42 Å². The Bertz CT molecular complexity index is 1100. The van der Waals surface area contributed by atoms with Gasteiger partial charge in [0.15, 0.2) is 0 Å². The molecule has 0 atom stereocenters. The molecular weight excluding hydrogens is 366 g/mol. The average molecular weight is 388 g/mol. The minimum absolute atomic E-state index is 0.180. The van der Waals surface area contributed by atoms with E-state index in [-0.39, 0.29) is 4.90 Å². The van der Waals surface area contributed by atoms with Gasteiger partial charge in [-0.15, -0.1) is 0 Å². The zero-order chi connectivity index (χ0) is 19.8. The van der Waals surface area contributed by atoms with Gasteiger partial charge in [-0.2, -0.15) is 12.8 Å². The first-order valence-corrected chi connectivity index (χ1v) is 10.4. The van der Waals surface area contributed by atoms with Gasteiger partial charge in [-0.1, -0.05) is 96.6 Å². The molecule has 140 valence electrons. The van der Waals surface area contributed by atoms with Gasteiger partial charge < -0.3 is 0 Å². The summed E-state index contributed by atoms with van der Waals surface area (Å²) in [7, 11) is -3.80. The second-order valence-corrected chi connectivity index (χ2v) is 7.86. The third-order valence-corrected chi connectivity index (χ3v) is 5.37. The summed E-state index contributed by atoms with van der Waals surface area (Å²) >= 11 is 0. The van der Waals surface area contributed by atoms with Crippen LogP contribution in [0.1, 0.15) is 16.7 Å². The van der Waals surface area contributed by atoms with Gasteiger partial charge in [0.1, 0.15) is 0 Å². The number of hydrogen-bond acceptors (Lipinski definition) is 2. The lowest BCUT2D eigenvalue weighted by Crippen LogP contribution is -2.04. The number of sulfonamides is 1. The molecule has 3 rings (SSSR count). The summed E-state index contributed by atoms with van der Waals surface area (Å²) in [6.07, 6.45) is 7.32. The maximum atomic E-state index is 12.7. The molecule has 0 aromatic heterocycles. The smallest absolute Gasteiger partial charge is 0.199 e. The molecule has 0 radical (unpaired) electrons. The molecule has 4 heteroatoms. The van der Waals surface area contributed by atoms with Gasteiger partial charge in [-0.05, 0) is 30.7 Å². The van der Waals surface area contributed by atoms with E-state index in [9.17, 15) is 8.42 Å². The van der Waals surface area contributed by atoms with Gasteiger partial charge in [0.2, 0.25) is 0 Å². The number of benzene rings is 3. The van der Waals surface area contributed by atoms with Crippen molar-refractivity contribution >= 4 is 21.8 Å². The lowest BCUT2D eigenvalue weighted by atomic mass is 10.1. The Kier molecular flexibility index (Phi) is 6.35. The number of hydrogen-bond donors (Lipinski definition) is 0. The molecule has 0 aliphatic heterocycles. The molecule has 28 heavy (non-hydrogen) atoms. The van der Waals surface area contributed by atoms with Gasteiger partial charge in [0.05, 0.1) is 10.6 Å². The van der Waals surface area contributed by atoms with E-state index >= 15 is 0 Å². The van der Waals surface area contributed by atoms with Crippen molar-refractivity contribution in [3.63, 3.8) is 0 Å². The molecule has 0 aliphatic rings. The number of nitrogens with zero attached hydrogens (tertiary/aromatic N) is 1. The summed E-state index contributed by atoms with van der Waals surface area (Å²) in [5.41, 5.74) is 3.19. The molecule has 3 aromatic rings. The fourth-order valence-electron chi connectivity index (χ4n) is 2.56. The third-order valence-electron chi connectivity index (χ3n) is 4.06. The first-order chi connectivity index (χ1) is 13.5. The van der Waals surface area contributed by atoms with Crippen molar-refractivity contribution in [2.45, 2.75) is 11.8 Å². The molecular formula is C24H21NO2S. The highest BCUT2D eigenvalue weighted by atomic mass is 32.2. The Hall–Kier alpha value is -3.24. The van der Waals surface area contributed by atoms with Crippen LogP contribution >= 0.6 is 0 Å². The van der Waals surface area contributed by atoms with E-state index in [0.717, 1.165) is 16.7 Å². The summed E-state index contributed by atoms with van der Waals surface area (Å²) in [6.45, 7) is 1.91. The van der Waals surface area contributed by atoms with E-state index in [1.807, 2.05) is 79.7 Å². The molecule has 3 nitrogen and oxygen atoms in total. The predicted octanol–water partition coefficient (Wildman–Crippen LogP) is 5.44. The third kappa shape index (κ3) is 5.38. The molecule has 3 aromatic carbocycles. The first-order valence-electron chi connectivity index (χ1n) is 8.91. The Balaban J connectivity index is 1.93. The van der Waals surface area contributed by atoms with Crippen LogP contribution in [0.2, 0.25) is 0 Å². The SMILES string of the molecule is Cc1ccc(S(=O)(=O)/N=C(/C=C/C=C/c2ccccc2)c2ccccc2)cc1. The van der Waals surface area contributed by atoms with Crippen LogP contribution in [-0.2, 0) is 10.0 Å². The van der Waals surface area contributed by atoms with E-state index in [2.05, 4.69) is 4.40 Å². The average Bonchev–Trinajstić information content (AvgIpc) is 2.72. The maximum absolute atomic E-state index is 12.7. The summed E-state index contributed by atoms with van der Waals surface area (Å²) in [5, 5.41) is 0. The quantitative estimate of drug-likeness (QED) is 0.417. The zero-order valence-corrected chi connectivity index (χ0v) is 16.4. The largest absolute Gasteiger partial charge is 0.282 e. The molecule has 0 saturated heterocycles. The molecule has 0 fully saturated rings. The number of aryl methyl sites for hydroxylation is 1. The van der Waals surface area contributed by atoms with Crippen LogP contribution < -0.4 is 0 Å². The molecule has 0 N–H and O–H groups in total. The normalized spacial score (nSPS) is 12.7. The van der Waals surface area contributed by atoms with Crippen LogP contribution in [0.4, 0.5) is 0 Å². The lowest BCUT2D eigenvalue weighted by molar-refractivity contribution is 0.598. The highest BCUT2D eigenvalue weighted by Crippen LogP contribution is 2.15. The minimum atomic E-state index is -3.80. The van der Waals surface area contributed by atoms with Crippen molar-refractivity contribution in [3.8, 4) is 0 Å². The van der Waals surface area contributed by atoms with Gasteiger partial charge in [-0.25, -0.2) is 0 Å². The fraction of sp³-hybridized carbons (Fsp3) is 0.0417. The van der Waals surface area contributed by atoms with Crippen molar-refractivity contribution in [1.82, 2.24) is 0 Å². The Morgan fingerprint density at radius 1 is 0.786 bits per heavy atom. The van der Waals surface area contributed by atoms with Crippen molar-refractivity contribution in [2.24, 2.45) is 4.40 Å². The van der Waals surface area contributed by atoms with Gasteiger partial charge in [0.25, 0.3) is 10.0 Å². The molecule has 0 heterocycles. The number of rotatable bonds is 6. The lowest BCUT2D eigenvalue weighted by Gasteiger charge is -2.04. The van der Waals surface area contributed by atoms with E-state index in [1.165, 1.54) is 0 Å². The van der Waals surface area contributed by atoms with Crippen LogP contribution in [0, 0.1) is 6.92 Å². The Morgan fingerprint density at radius 3 is 2.04 bits per heavy atom. The summed E-state index contributed by atoms with van der Waals surface area (Å²) in [5.74, 6) is 0. The fourth-order valence-corrected chi connectivity index (χ4v) is 3.57. The maximum Gasteiger partial charge on any atom is 0.282 e. The summed E-state index contributed by atoms with van der Waals surface area (Å²) in [4.78, 5) is 0.180. The predicted molar refractivity (Wildman–Crippen MR) is 116 cm³/mol. The molecule has 0 unspecified atom stereocenters. The number of allylic oxidation sites excluding steroid dienone is 3.